The number of carbonyl (C=O) groups is 1. The summed E-state index contributed by atoms with van der Waals surface area (Å²) in [5.74, 6) is 0.104. The Morgan fingerprint density at radius 1 is 0.939 bits per heavy atom. The second-order valence-electron chi connectivity index (χ2n) is 9.45. The third-order valence-electron chi connectivity index (χ3n) is 6.74. The van der Waals surface area contributed by atoms with Gasteiger partial charge in [0.25, 0.3) is 0 Å². The molecule has 172 valence electrons. The molecule has 1 saturated heterocycles. The van der Waals surface area contributed by atoms with Crippen molar-refractivity contribution in [3.8, 4) is 0 Å². The molecule has 0 radical (unpaired) electrons. The van der Waals surface area contributed by atoms with E-state index in [1.807, 2.05) is 24.3 Å². The minimum absolute atomic E-state index is 0.104. The number of aryl methyl sites for hydroxylation is 1. The highest BCUT2D eigenvalue weighted by Gasteiger charge is 2.35. The molecule has 4 heteroatoms. The van der Waals surface area contributed by atoms with Crippen LogP contribution >= 0.6 is 11.6 Å². The van der Waals surface area contributed by atoms with E-state index in [4.69, 9.17) is 11.6 Å². The van der Waals surface area contributed by atoms with Crippen LogP contribution in [0.1, 0.15) is 59.4 Å². The zero-order valence-electron chi connectivity index (χ0n) is 20.0. The number of benzene rings is 3. The molecule has 3 atom stereocenters. The van der Waals surface area contributed by atoms with Gasteiger partial charge >= 0.3 is 0 Å². The quantitative estimate of drug-likeness (QED) is 0.390. The zero-order valence-corrected chi connectivity index (χ0v) is 20.7. The van der Waals surface area contributed by atoms with Gasteiger partial charge in [0.2, 0.25) is 0 Å². The number of Topliss-reactive ketones (excluding diaryl/α,β-unsaturated/α-hetero) is 1. The number of hydrogen-bond donors (Lipinski definition) is 0. The van der Waals surface area contributed by atoms with Gasteiger partial charge in [-0.05, 0) is 62.6 Å². The van der Waals surface area contributed by atoms with Gasteiger partial charge in [-0.1, -0.05) is 71.8 Å². The fourth-order valence-electron chi connectivity index (χ4n) is 5.02. The molecule has 0 amide bonds. The number of piperazine rings is 1. The zero-order chi connectivity index (χ0) is 23.5. The minimum Gasteiger partial charge on any atom is -0.295 e. The minimum atomic E-state index is 0.104. The molecule has 3 aromatic rings. The second-order valence-corrected chi connectivity index (χ2v) is 9.89. The van der Waals surface area contributed by atoms with Gasteiger partial charge in [0.15, 0.2) is 5.78 Å². The van der Waals surface area contributed by atoms with E-state index in [1.54, 1.807) is 6.92 Å². The van der Waals surface area contributed by atoms with Crippen LogP contribution in [0.25, 0.3) is 0 Å². The highest BCUT2D eigenvalue weighted by molar-refractivity contribution is 6.30. The second kappa shape index (κ2) is 10.2. The van der Waals surface area contributed by atoms with E-state index in [0.29, 0.717) is 12.1 Å². The van der Waals surface area contributed by atoms with Gasteiger partial charge in [0, 0.05) is 42.3 Å². The van der Waals surface area contributed by atoms with E-state index >= 15 is 0 Å². The first-order valence-electron chi connectivity index (χ1n) is 11.7. The Labute approximate surface area is 203 Å². The Morgan fingerprint density at radius 3 is 2.33 bits per heavy atom. The largest absolute Gasteiger partial charge is 0.295 e. The van der Waals surface area contributed by atoms with Gasteiger partial charge < -0.3 is 0 Å². The molecule has 1 heterocycles. The summed E-state index contributed by atoms with van der Waals surface area (Å²) in [6.07, 6.45) is 0. The number of rotatable bonds is 6. The molecule has 0 N–H and O–H groups in total. The van der Waals surface area contributed by atoms with Crippen molar-refractivity contribution in [3.63, 3.8) is 0 Å². The molecule has 3 nitrogen and oxygen atoms in total. The first kappa shape index (κ1) is 23.7. The lowest BCUT2D eigenvalue weighted by atomic mass is 9.91. The number of hydrogen-bond acceptors (Lipinski definition) is 3. The molecule has 0 saturated carbocycles. The summed E-state index contributed by atoms with van der Waals surface area (Å²) in [7, 11) is 0. The van der Waals surface area contributed by atoms with Gasteiger partial charge in [0.05, 0.1) is 6.04 Å². The molecule has 1 aliphatic rings. The summed E-state index contributed by atoms with van der Waals surface area (Å²) in [4.78, 5) is 17.3. The molecule has 0 bridgehead atoms. The van der Waals surface area contributed by atoms with Crippen molar-refractivity contribution in [2.75, 3.05) is 13.1 Å². The summed E-state index contributed by atoms with van der Waals surface area (Å²) < 4.78 is 0. The monoisotopic (exact) mass is 460 g/mol. The van der Waals surface area contributed by atoms with Crippen molar-refractivity contribution < 1.29 is 4.79 Å². The van der Waals surface area contributed by atoms with Crippen LogP contribution in [0.5, 0.6) is 0 Å². The maximum Gasteiger partial charge on any atom is 0.159 e. The average molecular weight is 461 g/mol. The lowest BCUT2D eigenvalue weighted by Crippen LogP contribution is -2.56. The first-order valence-corrected chi connectivity index (χ1v) is 12.1. The van der Waals surface area contributed by atoms with Gasteiger partial charge in [-0.3, -0.25) is 14.6 Å². The van der Waals surface area contributed by atoms with E-state index in [2.05, 4.69) is 79.1 Å². The van der Waals surface area contributed by atoms with Crippen molar-refractivity contribution in [2.45, 2.75) is 52.4 Å². The molecule has 3 aromatic carbocycles. The van der Waals surface area contributed by atoms with Crippen molar-refractivity contribution in [1.82, 2.24) is 9.80 Å². The number of ketones is 1. The van der Waals surface area contributed by atoms with Crippen LogP contribution < -0.4 is 0 Å². The molecule has 0 aliphatic carbocycles. The Balaban J connectivity index is 1.65. The molecular weight excluding hydrogens is 428 g/mol. The van der Waals surface area contributed by atoms with Gasteiger partial charge in [-0.15, -0.1) is 0 Å². The van der Waals surface area contributed by atoms with Crippen LogP contribution in [0.4, 0.5) is 0 Å². The SMILES string of the molecule is CC(=O)c1cccc(C(c2cccc(C)c2)N2C[C@@H](C)N(Cc3cccc(Cl)c3)C[C@@H]2C)c1. The Morgan fingerprint density at radius 2 is 1.64 bits per heavy atom. The standard InChI is InChI=1S/C29H33ClN2O/c1-20-8-5-11-26(14-20)29(27-12-7-10-25(16-27)23(4)33)32-18-21(2)31(17-22(32)3)19-24-9-6-13-28(30)15-24/h5-16,21-22,29H,17-19H2,1-4H3/t21-,22+,29?/m1/s1. The van der Waals surface area contributed by atoms with Gasteiger partial charge in [-0.2, -0.15) is 0 Å². The molecule has 0 aromatic heterocycles. The summed E-state index contributed by atoms with van der Waals surface area (Å²) in [5.41, 5.74) is 5.72. The van der Waals surface area contributed by atoms with Crippen LogP contribution in [0, 0.1) is 6.92 Å². The van der Waals surface area contributed by atoms with Crippen molar-refractivity contribution in [1.29, 1.82) is 0 Å². The summed E-state index contributed by atoms with van der Waals surface area (Å²) in [5, 5.41) is 0.789. The molecular formula is C29H33ClN2O. The van der Waals surface area contributed by atoms with Crippen LogP contribution in [0.15, 0.2) is 72.8 Å². The third kappa shape index (κ3) is 5.55. The first-order chi connectivity index (χ1) is 15.8. The van der Waals surface area contributed by atoms with E-state index < -0.39 is 0 Å². The van der Waals surface area contributed by atoms with Crippen molar-refractivity contribution in [3.05, 3.63) is 106 Å². The molecule has 1 fully saturated rings. The van der Waals surface area contributed by atoms with E-state index in [-0.39, 0.29) is 11.8 Å². The van der Waals surface area contributed by atoms with Gasteiger partial charge in [0.1, 0.15) is 0 Å². The topological polar surface area (TPSA) is 23.6 Å². The highest BCUT2D eigenvalue weighted by atomic mass is 35.5. The Hall–Kier alpha value is -2.46. The predicted molar refractivity (Wildman–Crippen MR) is 137 cm³/mol. The fraction of sp³-hybridized carbons (Fsp3) is 0.345. The molecule has 33 heavy (non-hydrogen) atoms. The number of carbonyl (C=O) groups excluding carboxylic acids is 1. The molecule has 4 rings (SSSR count). The van der Waals surface area contributed by atoms with Crippen molar-refractivity contribution >= 4 is 17.4 Å². The maximum atomic E-state index is 12.1. The molecule has 1 unspecified atom stereocenters. The third-order valence-corrected chi connectivity index (χ3v) is 6.97. The summed E-state index contributed by atoms with van der Waals surface area (Å²) >= 11 is 6.22. The summed E-state index contributed by atoms with van der Waals surface area (Å²) in [6.45, 7) is 11.2. The average Bonchev–Trinajstić information content (AvgIpc) is 2.77. The smallest absolute Gasteiger partial charge is 0.159 e. The van der Waals surface area contributed by atoms with Crippen molar-refractivity contribution in [2.24, 2.45) is 0 Å². The van der Waals surface area contributed by atoms with E-state index in [0.717, 1.165) is 30.2 Å². The van der Waals surface area contributed by atoms with Crippen LogP contribution in [-0.2, 0) is 6.54 Å². The fourth-order valence-corrected chi connectivity index (χ4v) is 5.23. The van der Waals surface area contributed by atoms with Crippen LogP contribution in [0.2, 0.25) is 5.02 Å². The van der Waals surface area contributed by atoms with E-state index in [9.17, 15) is 4.79 Å². The summed E-state index contributed by atoms with van der Waals surface area (Å²) in [6, 6.07) is 25.9. The van der Waals surface area contributed by atoms with Crippen LogP contribution in [0.3, 0.4) is 0 Å². The predicted octanol–water partition coefficient (Wildman–Crippen LogP) is 6.54. The van der Waals surface area contributed by atoms with Crippen LogP contribution in [-0.4, -0.2) is 40.8 Å². The van der Waals surface area contributed by atoms with E-state index in [1.165, 1.54) is 22.3 Å². The normalized spacial score (nSPS) is 20.5. The van der Waals surface area contributed by atoms with Gasteiger partial charge in [-0.25, -0.2) is 0 Å². The number of nitrogens with zero attached hydrogens (tertiary/aromatic N) is 2. The lowest BCUT2D eigenvalue weighted by molar-refractivity contribution is 0.0195. The Kier molecular flexibility index (Phi) is 7.33. The Bertz CT molecular complexity index is 1130. The maximum absolute atomic E-state index is 12.1. The number of halogens is 1. The lowest BCUT2D eigenvalue weighted by Gasteiger charge is -2.48. The molecule has 0 spiro atoms. The molecule has 1 aliphatic heterocycles. The highest BCUT2D eigenvalue weighted by Crippen LogP contribution is 2.34.